The topological polar surface area (TPSA) is 28.0 Å². The molecule has 0 bridgehead atoms. The van der Waals surface area contributed by atoms with Crippen LogP contribution in [0.2, 0.25) is 5.02 Å². The van der Waals surface area contributed by atoms with Crippen molar-refractivity contribution in [3.05, 3.63) is 29.3 Å². The van der Waals surface area contributed by atoms with E-state index in [1.807, 2.05) is 0 Å². The molecule has 3 nitrogen and oxygen atoms in total. The van der Waals surface area contributed by atoms with Gasteiger partial charge in [-0.15, -0.1) is 0 Å². The number of alkyl halides is 6. The Kier molecular flexibility index (Phi) is 5.48. The molecule has 1 aliphatic rings. The molecule has 1 aromatic rings. The lowest BCUT2D eigenvalue weighted by Gasteiger charge is -2.39. The maximum absolute atomic E-state index is 6.18. The molecule has 1 unspecified atom stereocenters. The Morgan fingerprint density at radius 3 is 2.14 bits per heavy atom. The third kappa shape index (κ3) is 4.03. The molecule has 0 amide bonds. The number of halogens is 7. The fourth-order valence-electron chi connectivity index (χ4n) is 1.73. The van der Waals surface area contributed by atoms with Crippen LogP contribution in [0.3, 0.4) is 0 Å². The minimum absolute atomic E-state index is 0.0342. The van der Waals surface area contributed by atoms with Gasteiger partial charge in [-0.25, -0.2) is 9.98 Å². The van der Waals surface area contributed by atoms with Crippen molar-refractivity contribution in [1.82, 2.24) is 0 Å². The van der Waals surface area contributed by atoms with E-state index in [4.69, 9.17) is 81.2 Å². The van der Waals surface area contributed by atoms with Crippen molar-refractivity contribution in [2.45, 2.75) is 13.8 Å². The summed E-state index contributed by atoms with van der Waals surface area (Å²) in [6.07, 6.45) is 0.197. The summed E-state index contributed by atoms with van der Waals surface area (Å²) in [5.41, 5.74) is 0.456. The molecule has 0 fully saturated rings. The zero-order valence-electron chi connectivity index (χ0n) is 9.95. The number of para-hydroxylation sites is 1. The van der Waals surface area contributed by atoms with E-state index in [1.54, 1.807) is 24.3 Å². The van der Waals surface area contributed by atoms with E-state index < -0.39 is 13.8 Å². The first-order valence-electron chi connectivity index (χ1n) is 5.39. The molecule has 0 N–H and O–H groups in total. The van der Waals surface area contributed by atoms with Gasteiger partial charge in [0.1, 0.15) is 6.34 Å². The van der Waals surface area contributed by atoms with Crippen LogP contribution in [-0.4, -0.2) is 25.9 Å². The van der Waals surface area contributed by atoms with E-state index in [0.717, 1.165) is 0 Å². The van der Waals surface area contributed by atoms with Crippen molar-refractivity contribution in [3.8, 4) is 0 Å². The molecule has 0 radical (unpaired) electrons. The molecule has 10 heteroatoms. The van der Waals surface area contributed by atoms with Crippen molar-refractivity contribution in [2.24, 2.45) is 9.98 Å². The van der Waals surface area contributed by atoms with Gasteiger partial charge < -0.3 is 0 Å². The van der Waals surface area contributed by atoms with Crippen LogP contribution in [0.1, 0.15) is 0 Å². The summed E-state index contributed by atoms with van der Waals surface area (Å²) in [5.74, 6) is 0.0342. The van der Waals surface area contributed by atoms with Crippen LogP contribution in [0.5, 0.6) is 0 Å². The quantitative estimate of drug-likeness (QED) is 0.531. The Balaban J connectivity index is 2.60. The zero-order chi connectivity index (χ0) is 15.8. The second kappa shape index (κ2) is 6.48. The Morgan fingerprint density at radius 2 is 1.62 bits per heavy atom. The molecule has 0 aliphatic carbocycles. The fraction of sp³-hybridized carbons (Fsp3) is 0.273. The standard InChI is InChI=1S/C11H6Cl7N3/c12-6-3-1-2-4-7(6)21-8(10(13,14)15)19-5-20-9(21)11(16,17)18/h1-5,8H. The third-order valence-electron chi connectivity index (χ3n) is 2.52. The number of hydrogen-bond acceptors (Lipinski definition) is 3. The Hall–Kier alpha value is 0.390. The number of nitrogens with zero attached hydrogens (tertiary/aromatic N) is 3. The molecule has 1 atom stereocenters. The number of rotatable bonds is 1. The molecule has 0 aromatic heterocycles. The summed E-state index contributed by atoms with van der Waals surface area (Å²) in [4.78, 5) is 9.42. The summed E-state index contributed by atoms with van der Waals surface area (Å²) in [5, 5.41) is 0.371. The summed E-state index contributed by atoms with van der Waals surface area (Å²) >= 11 is 41.9. The number of anilines is 1. The van der Waals surface area contributed by atoms with Crippen LogP contribution in [0.15, 0.2) is 34.3 Å². The van der Waals surface area contributed by atoms with Crippen molar-refractivity contribution in [2.75, 3.05) is 4.90 Å². The van der Waals surface area contributed by atoms with Crippen molar-refractivity contribution < 1.29 is 0 Å². The molecule has 1 heterocycles. The zero-order valence-corrected chi connectivity index (χ0v) is 15.2. The molecule has 1 aromatic carbocycles. The van der Waals surface area contributed by atoms with Crippen LogP contribution in [-0.2, 0) is 0 Å². The van der Waals surface area contributed by atoms with Gasteiger partial charge in [0.15, 0.2) is 12.0 Å². The van der Waals surface area contributed by atoms with Gasteiger partial charge in [-0.3, -0.25) is 4.90 Å². The molecule has 0 saturated carbocycles. The maximum Gasteiger partial charge on any atom is 0.248 e. The minimum Gasteiger partial charge on any atom is -0.298 e. The Labute approximate surface area is 156 Å². The normalized spacial score (nSPS) is 19.7. The summed E-state index contributed by atoms with van der Waals surface area (Å²) < 4.78 is -3.63. The maximum atomic E-state index is 6.18. The summed E-state index contributed by atoms with van der Waals surface area (Å²) in [6.45, 7) is 0. The van der Waals surface area contributed by atoms with E-state index in [1.165, 1.54) is 11.2 Å². The van der Waals surface area contributed by atoms with Gasteiger partial charge in [-0.2, -0.15) is 0 Å². The van der Waals surface area contributed by atoms with E-state index in [0.29, 0.717) is 10.7 Å². The fourth-order valence-corrected chi connectivity index (χ4v) is 2.84. The van der Waals surface area contributed by atoms with Gasteiger partial charge in [0, 0.05) is 0 Å². The number of amidine groups is 1. The highest BCUT2D eigenvalue weighted by Crippen LogP contribution is 2.43. The average Bonchev–Trinajstić information content (AvgIpc) is 2.36. The van der Waals surface area contributed by atoms with E-state index in [2.05, 4.69) is 9.98 Å². The van der Waals surface area contributed by atoms with E-state index >= 15 is 0 Å². The van der Waals surface area contributed by atoms with Crippen molar-refractivity contribution >= 4 is 99.1 Å². The lowest BCUT2D eigenvalue weighted by Crippen LogP contribution is -2.52. The highest BCUT2D eigenvalue weighted by Gasteiger charge is 2.46. The second-order valence-corrected chi connectivity index (χ2v) is 9.01. The molecule has 1 aliphatic heterocycles. The second-order valence-electron chi connectivity index (χ2n) is 3.95. The van der Waals surface area contributed by atoms with Gasteiger partial charge in [0.05, 0.1) is 10.7 Å². The minimum atomic E-state index is -1.85. The molecular formula is C11H6Cl7N3. The van der Waals surface area contributed by atoms with Crippen LogP contribution in [0.4, 0.5) is 5.69 Å². The van der Waals surface area contributed by atoms with Gasteiger partial charge in [-0.1, -0.05) is 93.3 Å². The van der Waals surface area contributed by atoms with Crippen LogP contribution in [0.25, 0.3) is 0 Å². The highest BCUT2D eigenvalue weighted by atomic mass is 35.6. The Morgan fingerprint density at radius 1 is 1.00 bits per heavy atom. The molecular weight excluding hydrogens is 422 g/mol. The predicted octanol–water partition coefficient (Wildman–Crippen LogP) is 5.65. The SMILES string of the molecule is Clc1ccccc1N1C(C(Cl)(Cl)Cl)=NC=NC1C(Cl)(Cl)Cl. The highest BCUT2D eigenvalue weighted by molar-refractivity contribution is 6.78. The number of aliphatic imine (C=N–C) groups is 2. The monoisotopic (exact) mass is 425 g/mol. The first kappa shape index (κ1) is 17.7. The van der Waals surface area contributed by atoms with Gasteiger partial charge in [0.25, 0.3) is 0 Å². The molecule has 21 heavy (non-hydrogen) atoms. The third-order valence-corrected chi connectivity index (χ3v) is 3.93. The Bertz CT molecular complexity index is 588. The van der Waals surface area contributed by atoms with Crippen LogP contribution in [0, 0.1) is 0 Å². The molecule has 2 rings (SSSR count). The largest absolute Gasteiger partial charge is 0.298 e. The van der Waals surface area contributed by atoms with Crippen molar-refractivity contribution in [3.63, 3.8) is 0 Å². The van der Waals surface area contributed by atoms with Gasteiger partial charge in [0.2, 0.25) is 7.59 Å². The van der Waals surface area contributed by atoms with Crippen LogP contribution < -0.4 is 4.90 Å². The van der Waals surface area contributed by atoms with E-state index in [9.17, 15) is 0 Å². The number of hydrogen-bond donors (Lipinski definition) is 0. The van der Waals surface area contributed by atoms with Crippen molar-refractivity contribution in [1.29, 1.82) is 0 Å². The predicted molar refractivity (Wildman–Crippen MR) is 94.2 cm³/mol. The van der Waals surface area contributed by atoms with Crippen LogP contribution >= 0.6 is 81.2 Å². The average molecular weight is 428 g/mol. The molecule has 0 spiro atoms. The van der Waals surface area contributed by atoms with E-state index in [-0.39, 0.29) is 5.84 Å². The lowest BCUT2D eigenvalue weighted by molar-refractivity contribution is 0.703. The molecule has 0 saturated heterocycles. The van der Waals surface area contributed by atoms with Gasteiger partial charge >= 0.3 is 0 Å². The lowest BCUT2D eigenvalue weighted by atomic mass is 10.2. The smallest absolute Gasteiger partial charge is 0.248 e. The summed E-state index contributed by atoms with van der Waals surface area (Å²) in [6, 6.07) is 6.82. The number of benzene rings is 1. The first-order chi connectivity index (χ1) is 9.62. The molecule has 114 valence electrons. The first-order valence-corrected chi connectivity index (χ1v) is 8.04. The summed E-state index contributed by atoms with van der Waals surface area (Å²) in [7, 11) is 0. The van der Waals surface area contributed by atoms with Gasteiger partial charge in [-0.05, 0) is 12.1 Å².